The molecule has 0 N–H and O–H groups in total. The lowest BCUT2D eigenvalue weighted by atomic mass is 10.1. The molecule has 1 spiro atoms. The fourth-order valence-electron chi connectivity index (χ4n) is 7.52. The van der Waals surface area contributed by atoms with Crippen LogP contribution in [0.15, 0.2) is 158 Å². The van der Waals surface area contributed by atoms with E-state index in [4.69, 9.17) is 19.4 Å². The molecule has 0 fully saturated rings. The van der Waals surface area contributed by atoms with Crippen LogP contribution in [0.3, 0.4) is 0 Å². The molecule has 248 valence electrons. The number of hydrogen-bond acceptors (Lipinski definition) is 8. The molecule has 0 aliphatic carbocycles. The van der Waals surface area contributed by atoms with Crippen molar-refractivity contribution in [1.82, 2.24) is 24.9 Å². The largest absolute Gasteiger partial charge is 0.458 e. The van der Waals surface area contributed by atoms with Crippen molar-refractivity contribution in [2.45, 2.75) is 0 Å². The average molecular weight is 699 g/mol. The Labute approximate surface area is 305 Å². The Bertz CT molecular complexity index is 2670. The summed E-state index contributed by atoms with van der Waals surface area (Å²) >= 11 is 0. The Morgan fingerprint density at radius 2 is 0.962 bits per heavy atom. The van der Waals surface area contributed by atoms with Gasteiger partial charge in [-0.1, -0.05) is 97.1 Å². The number of nitriles is 1. The van der Waals surface area contributed by atoms with Gasteiger partial charge in [0.25, 0.3) is 0 Å². The van der Waals surface area contributed by atoms with E-state index in [0.29, 0.717) is 11.6 Å². The van der Waals surface area contributed by atoms with Gasteiger partial charge in [-0.05, 0) is 75.3 Å². The van der Waals surface area contributed by atoms with E-state index in [1.165, 1.54) is 6.33 Å². The highest BCUT2D eigenvalue weighted by atomic mass is 28.3. The Kier molecular flexibility index (Phi) is 7.02. The van der Waals surface area contributed by atoms with E-state index >= 15 is 0 Å². The molecule has 8 aromatic rings. The second-order valence-corrected chi connectivity index (χ2v) is 16.5. The summed E-state index contributed by atoms with van der Waals surface area (Å²) in [5, 5.41) is 13.9. The maximum Gasteiger partial charge on any atom is 0.235 e. The molecular formula is C44H26N6O2Si. The number of rotatable bonds is 4. The van der Waals surface area contributed by atoms with Crippen LogP contribution >= 0.6 is 0 Å². The third-order valence-corrected chi connectivity index (χ3v) is 14.7. The Balaban J connectivity index is 1.26. The zero-order valence-electron chi connectivity index (χ0n) is 28.0. The predicted octanol–water partition coefficient (Wildman–Crippen LogP) is 6.79. The zero-order valence-corrected chi connectivity index (χ0v) is 29.0. The molecule has 1 atom stereocenters. The van der Waals surface area contributed by atoms with Crippen LogP contribution in [0.1, 0.15) is 5.82 Å². The first-order valence-corrected chi connectivity index (χ1v) is 19.1. The van der Waals surface area contributed by atoms with Crippen molar-refractivity contribution >= 4 is 28.8 Å². The molecule has 0 bridgehead atoms. The molecule has 6 aromatic carbocycles. The van der Waals surface area contributed by atoms with E-state index < -0.39 is 8.07 Å². The molecule has 0 saturated carbocycles. The minimum Gasteiger partial charge on any atom is -0.458 e. The van der Waals surface area contributed by atoms with E-state index in [0.717, 1.165) is 77.4 Å². The third kappa shape index (κ3) is 4.92. The summed E-state index contributed by atoms with van der Waals surface area (Å²) in [7, 11) is -3.19. The molecule has 2 aliphatic rings. The molecule has 2 aliphatic heterocycles. The van der Waals surface area contributed by atoms with Gasteiger partial charge in [-0.3, -0.25) is 0 Å². The minimum atomic E-state index is -3.19. The normalized spacial score (nSPS) is 14.8. The van der Waals surface area contributed by atoms with Gasteiger partial charge in [-0.2, -0.15) is 10.2 Å². The van der Waals surface area contributed by atoms with Gasteiger partial charge in [-0.25, -0.2) is 19.9 Å². The summed E-state index contributed by atoms with van der Waals surface area (Å²) in [6, 6.07) is 53.4. The third-order valence-electron chi connectivity index (χ3n) is 9.84. The van der Waals surface area contributed by atoms with Gasteiger partial charge >= 0.3 is 0 Å². The summed E-state index contributed by atoms with van der Waals surface area (Å²) in [5.74, 6) is 4.26. The van der Waals surface area contributed by atoms with Gasteiger partial charge in [0.2, 0.25) is 5.82 Å². The smallest absolute Gasteiger partial charge is 0.235 e. The highest BCUT2D eigenvalue weighted by molar-refractivity contribution is 7.21. The molecule has 2 aromatic heterocycles. The summed E-state index contributed by atoms with van der Waals surface area (Å²) in [4.78, 5) is 23.1. The van der Waals surface area contributed by atoms with Crippen molar-refractivity contribution in [2.24, 2.45) is 0 Å². The van der Waals surface area contributed by atoms with Crippen LogP contribution in [-0.4, -0.2) is 33.0 Å². The van der Waals surface area contributed by atoms with E-state index in [-0.39, 0.29) is 5.82 Å². The fraction of sp³-hybridized carbons (Fsp3) is 0. The van der Waals surface area contributed by atoms with Gasteiger partial charge < -0.3 is 9.47 Å². The Hall–Kier alpha value is -7.28. The number of hydrogen-bond donors (Lipinski definition) is 0. The predicted molar refractivity (Wildman–Crippen MR) is 206 cm³/mol. The first-order chi connectivity index (χ1) is 26.2. The lowest BCUT2D eigenvalue weighted by molar-refractivity contribution is 0.482. The topological polar surface area (TPSA) is 107 Å². The second-order valence-electron chi connectivity index (χ2n) is 12.8. The maximum absolute atomic E-state index is 9.57. The van der Waals surface area contributed by atoms with Crippen LogP contribution < -0.4 is 30.2 Å². The van der Waals surface area contributed by atoms with Crippen LogP contribution in [0, 0.1) is 11.3 Å². The van der Waals surface area contributed by atoms with Gasteiger partial charge in [0.05, 0.1) is 11.4 Å². The summed E-state index contributed by atoms with van der Waals surface area (Å²) < 4.78 is 13.4. The lowest BCUT2D eigenvalue weighted by Crippen LogP contribution is -2.77. The molecular weight excluding hydrogens is 673 g/mol. The average Bonchev–Trinajstić information content (AvgIpc) is 3.24. The van der Waals surface area contributed by atoms with Crippen molar-refractivity contribution in [3.63, 3.8) is 0 Å². The van der Waals surface area contributed by atoms with Crippen LogP contribution in [0.2, 0.25) is 0 Å². The quantitative estimate of drug-likeness (QED) is 0.185. The first kappa shape index (κ1) is 30.5. The summed E-state index contributed by atoms with van der Waals surface area (Å²) in [6.45, 7) is 0. The minimum absolute atomic E-state index is 0.0577. The number of fused-ring (bicyclic) bond motifs is 8. The number of para-hydroxylation sites is 2. The van der Waals surface area contributed by atoms with Gasteiger partial charge in [0.1, 0.15) is 35.4 Å². The molecule has 8 nitrogen and oxygen atoms in total. The zero-order chi connectivity index (χ0) is 35.4. The van der Waals surface area contributed by atoms with E-state index in [2.05, 4.69) is 81.7 Å². The van der Waals surface area contributed by atoms with Gasteiger partial charge in [0.15, 0.2) is 19.7 Å². The highest BCUT2D eigenvalue weighted by Gasteiger charge is 2.53. The number of benzene rings is 6. The SMILES string of the molecule is N#Cc1ncnc(-c2ccc3c(c2)[Si]2(c4ccccc4Oc4ccc(-c5cc(-c6ccccc6)nc(-c6ccccc6)n5)cc42)c2ccccc2O3)n1. The number of aromatic nitrogens is 5. The maximum atomic E-state index is 9.57. The molecule has 0 amide bonds. The van der Waals surface area contributed by atoms with E-state index in [1.54, 1.807) is 0 Å². The van der Waals surface area contributed by atoms with Crippen LogP contribution in [0.5, 0.6) is 23.0 Å². The van der Waals surface area contributed by atoms with E-state index in [1.807, 2.05) is 91.0 Å². The van der Waals surface area contributed by atoms with Gasteiger partial charge in [0, 0.05) is 22.3 Å². The monoisotopic (exact) mass is 698 g/mol. The standard InChI is InChI=1S/C44H26N6O2Si/c45-26-42-46-27-47-43(50-42)31-20-22-37-41(24-31)53(39-18-10-8-16-35(39)52-37)38-17-9-7-15-34(38)51-36-21-19-30(23-40(36)53)33-25-32(28-11-3-1-4-12-28)48-44(49-33)29-13-5-2-6-14-29/h1-25,27H. The molecule has 4 heterocycles. The molecule has 0 saturated heterocycles. The molecule has 10 rings (SSSR count). The highest BCUT2D eigenvalue weighted by Crippen LogP contribution is 2.38. The summed E-state index contributed by atoms with van der Waals surface area (Å²) in [5.41, 5.74) is 5.27. The van der Waals surface area contributed by atoms with Crippen LogP contribution in [0.25, 0.3) is 45.3 Å². The van der Waals surface area contributed by atoms with E-state index in [9.17, 15) is 5.26 Å². The van der Waals surface area contributed by atoms with Crippen molar-refractivity contribution in [2.75, 3.05) is 0 Å². The molecule has 1 unspecified atom stereocenters. The first-order valence-electron chi connectivity index (χ1n) is 17.1. The van der Waals surface area contributed by atoms with Crippen LogP contribution in [-0.2, 0) is 0 Å². The second kappa shape index (κ2) is 12.2. The van der Waals surface area contributed by atoms with Crippen molar-refractivity contribution < 1.29 is 9.47 Å². The Morgan fingerprint density at radius 1 is 0.434 bits per heavy atom. The summed E-state index contributed by atoms with van der Waals surface area (Å²) in [6.07, 6.45) is 1.37. The molecule has 9 heteroatoms. The molecule has 53 heavy (non-hydrogen) atoms. The Morgan fingerprint density at radius 3 is 1.60 bits per heavy atom. The molecule has 0 radical (unpaired) electrons. The van der Waals surface area contributed by atoms with Crippen molar-refractivity contribution in [3.05, 3.63) is 164 Å². The fourth-order valence-corrected chi connectivity index (χ4v) is 12.7. The van der Waals surface area contributed by atoms with Gasteiger partial charge in [-0.15, -0.1) is 0 Å². The van der Waals surface area contributed by atoms with Crippen LogP contribution in [0.4, 0.5) is 0 Å². The number of nitrogens with zero attached hydrogens (tertiary/aromatic N) is 6. The van der Waals surface area contributed by atoms with Crippen molar-refractivity contribution in [1.29, 1.82) is 5.26 Å². The lowest BCUT2D eigenvalue weighted by Gasteiger charge is -2.43. The van der Waals surface area contributed by atoms with Crippen molar-refractivity contribution in [3.8, 4) is 74.4 Å². The number of ether oxygens (including phenoxy) is 2.